The molecule has 1 aliphatic heterocycles. The average Bonchev–Trinajstić information content (AvgIpc) is 2.63. The Hall–Kier alpha value is -2.53. The van der Waals surface area contributed by atoms with Gasteiger partial charge in [0.2, 0.25) is 5.91 Å². The maximum Gasteiger partial charge on any atom is 0.238 e. The summed E-state index contributed by atoms with van der Waals surface area (Å²) in [5, 5.41) is 3.06. The third-order valence-electron chi connectivity index (χ3n) is 4.50. The first-order valence-corrected chi connectivity index (χ1v) is 9.02. The van der Waals surface area contributed by atoms with E-state index in [1.54, 1.807) is 0 Å². The molecule has 0 spiro atoms. The number of fused-ring (bicyclic) bond motifs is 1. The van der Waals surface area contributed by atoms with Crippen molar-refractivity contribution in [1.29, 1.82) is 0 Å². The first-order chi connectivity index (χ1) is 12.6. The fourth-order valence-electron chi connectivity index (χ4n) is 3.19. The first-order valence-electron chi connectivity index (χ1n) is 9.02. The number of benzene rings is 2. The molecule has 0 bridgehead atoms. The van der Waals surface area contributed by atoms with Crippen LogP contribution in [0.15, 0.2) is 42.5 Å². The number of carbonyl (C=O) groups excluding carboxylic acids is 1. The number of hydrogen-bond acceptors (Lipinski definition) is 4. The van der Waals surface area contributed by atoms with Crippen LogP contribution in [-0.2, 0) is 11.2 Å². The van der Waals surface area contributed by atoms with E-state index >= 15 is 0 Å². The molecular weight excluding hydrogens is 328 g/mol. The number of ether oxygens (including phenoxy) is 2. The van der Waals surface area contributed by atoms with Crippen LogP contribution in [-0.4, -0.2) is 43.7 Å². The molecule has 1 amide bonds. The molecule has 26 heavy (non-hydrogen) atoms. The Morgan fingerprint density at radius 3 is 2.73 bits per heavy atom. The molecule has 5 nitrogen and oxygen atoms in total. The fraction of sp³-hybridized carbons (Fsp3) is 0.381. The molecule has 3 rings (SSSR count). The largest absolute Gasteiger partial charge is 0.486 e. The molecule has 0 fully saturated rings. The molecule has 1 N–H and O–H groups in total. The van der Waals surface area contributed by atoms with Crippen molar-refractivity contribution >= 4 is 11.6 Å². The van der Waals surface area contributed by atoms with Crippen LogP contribution in [0.4, 0.5) is 5.69 Å². The van der Waals surface area contributed by atoms with Gasteiger partial charge < -0.3 is 14.8 Å². The lowest BCUT2D eigenvalue weighted by molar-refractivity contribution is -0.117. The zero-order chi connectivity index (χ0) is 18.5. The third-order valence-corrected chi connectivity index (χ3v) is 4.50. The lowest BCUT2D eigenvalue weighted by Gasteiger charge is -2.29. The highest BCUT2D eigenvalue weighted by Crippen LogP contribution is 2.31. The first kappa shape index (κ1) is 18.3. The van der Waals surface area contributed by atoms with Gasteiger partial charge in [-0.05, 0) is 43.7 Å². The normalized spacial score (nSPS) is 15.8. The summed E-state index contributed by atoms with van der Waals surface area (Å²) in [4.78, 5) is 14.4. The monoisotopic (exact) mass is 354 g/mol. The van der Waals surface area contributed by atoms with Gasteiger partial charge in [0.1, 0.15) is 12.7 Å². The van der Waals surface area contributed by atoms with E-state index in [1.807, 2.05) is 55.3 Å². The maximum atomic E-state index is 12.5. The minimum Gasteiger partial charge on any atom is -0.486 e. The van der Waals surface area contributed by atoms with Gasteiger partial charge in [-0.3, -0.25) is 9.69 Å². The summed E-state index contributed by atoms with van der Waals surface area (Å²) in [6.45, 7) is 5.52. The molecule has 0 radical (unpaired) electrons. The summed E-state index contributed by atoms with van der Waals surface area (Å²) in [6, 6.07) is 13.7. The minimum atomic E-state index is -0.0904. The van der Waals surface area contributed by atoms with Crippen LogP contribution >= 0.6 is 0 Å². The molecule has 2 aromatic carbocycles. The van der Waals surface area contributed by atoms with E-state index in [-0.39, 0.29) is 12.0 Å². The highest BCUT2D eigenvalue weighted by Gasteiger charge is 2.22. The Morgan fingerprint density at radius 2 is 1.96 bits per heavy atom. The highest BCUT2D eigenvalue weighted by molar-refractivity contribution is 5.93. The average molecular weight is 354 g/mol. The number of para-hydroxylation sites is 3. The molecule has 0 aromatic heterocycles. The van der Waals surface area contributed by atoms with Crippen molar-refractivity contribution in [2.75, 3.05) is 32.1 Å². The molecule has 0 saturated heterocycles. The van der Waals surface area contributed by atoms with Gasteiger partial charge in [-0.15, -0.1) is 0 Å². The quantitative estimate of drug-likeness (QED) is 0.865. The molecule has 1 atom stereocenters. The van der Waals surface area contributed by atoms with Crippen LogP contribution in [0.2, 0.25) is 0 Å². The third kappa shape index (κ3) is 4.35. The van der Waals surface area contributed by atoms with E-state index in [4.69, 9.17) is 9.47 Å². The van der Waals surface area contributed by atoms with Gasteiger partial charge in [0, 0.05) is 12.2 Å². The van der Waals surface area contributed by atoms with E-state index in [1.165, 1.54) is 0 Å². The SMILES string of the molecule is CCc1cccc(C)c1NC(=O)CN(C)C[C@@H]1COc2ccccc2O1. The van der Waals surface area contributed by atoms with Crippen molar-refractivity contribution in [1.82, 2.24) is 4.90 Å². The number of carbonyl (C=O) groups is 1. The Morgan fingerprint density at radius 1 is 1.19 bits per heavy atom. The summed E-state index contributed by atoms with van der Waals surface area (Å²) in [7, 11) is 1.92. The van der Waals surface area contributed by atoms with Crippen molar-refractivity contribution in [3.05, 3.63) is 53.6 Å². The second kappa shape index (κ2) is 8.23. The zero-order valence-electron chi connectivity index (χ0n) is 15.6. The summed E-state index contributed by atoms with van der Waals surface area (Å²) in [5.74, 6) is 1.51. The van der Waals surface area contributed by atoms with Gasteiger partial charge in [-0.1, -0.05) is 37.3 Å². The molecule has 0 aliphatic carbocycles. The second-order valence-corrected chi connectivity index (χ2v) is 6.71. The Bertz CT molecular complexity index is 776. The molecular formula is C21H26N2O3. The minimum absolute atomic E-state index is 0.0198. The van der Waals surface area contributed by atoms with Crippen LogP contribution < -0.4 is 14.8 Å². The number of rotatable bonds is 6. The van der Waals surface area contributed by atoms with E-state index < -0.39 is 0 Å². The maximum absolute atomic E-state index is 12.5. The summed E-state index contributed by atoms with van der Waals surface area (Å²) in [6.07, 6.45) is 0.798. The molecule has 2 aromatic rings. The van der Waals surface area contributed by atoms with Gasteiger partial charge in [-0.25, -0.2) is 0 Å². The molecule has 0 unspecified atom stereocenters. The van der Waals surface area contributed by atoms with Gasteiger partial charge >= 0.3 is 0 Å². The summed E-state index contributed by atoms with van der Waals surface area (Å²) in [5.41, 5.74) is 3.17. The number of hydrogen-bond donors (Lipinski definition) is 1. The van der Waals surface area contributed by atoms with Gasteiger partial charge in [-0.2, -0.15) is 0 Å². The second-order valence-electron chi connectivity index (χ2n) is 6.71. The lowest BCUT2D eigenvalue weighted by Crippen LogP contribution is -2.42. The molecule has 5 heteroatoms. The highest BCUT2D eigenvalue weighted by atomic mass is 16.6. The van der Waals surface area contributed by atoms with E-state index in [9.17, 15) is 4.79 Å². The topological polar surface area (TPSA) is 50.8 Å². The predicted molar refractivity (Wildman–Crippen MR) is 103 cm³/mol. The number of nitrogens with one attached hydrogen (secondary N) is 1. The number of amides is 1. The standard InChI is InChI=1S/C21H26N2O3/c1-4-16-9-7-8-15(2)21(16)22-20(24)13-23(3)12-17-14-25-18-10-5-6-11-19(18)26-17/h5-11,17H,4,12-14H2,1-3H3,(H,22,24)/t17-/m1/s1. The van der Waals surface area contributed by atoms with E-state index in [0.717, 1.165) is 34.7 Å². The summed E-state index contributed by atoms with van der Waals surface area (Å²) < 4.78 is 11.7. The molecule has 1 heterocycles. The number of nitrogens with zero attached hydrogens (tertiary/aromatic N) is 1. The van der Waals surface area contributed by atoms with Crippen molar-refractivity contribution < 1.29 is 14.3 Å². The van der Waals surface area contributed by atoms with Crippen molar-refractivity contribution in [2.24, 2.45) is 0 Å². The smallest absolute Gasteiger partial charge is 0.238 e. The van der Waals surface area contributed by atoms with Crippen LogP contribution in [0.25, 0.3) is 0 Å². The number of anilines is 1. The lowest BCUT2D eigenvalue weighted by atomic mass is 10.1. The van der Waals surface area contributed by atoms with Crippen LogP contribution in [0.5, 0.6) is 11.5 Å². The van der Waals surface area contributed by atoms with Gasteiger partial charge in [0.05, 0.1) is 6.54 Å². The van der Waals surface area contributed by atoms with Crippen molar-refractivity contribution in [2.45, 2.75) is 26.4 Å². The molecule has 0 saturated carbocycles. The Balaban J connectivity index is 1.54. The van der Waals surface area contributed by atoms with E-state index in [2.05, 4.69) is 18.3 Å². The van der Waals surface area contributed by atoms with Crippen LogP contribution in [0.3, 0.4) is 0 Å². The van der Waals surface area contributed by atoms with Gasteiger partial charge in [0.15, 0.2) is 11.5 Å². The molecule has 138 valence electrons. The van der Waals surface area contributed by atoms with E-state index in [0.29, 0.717) is 19.7 Å². The van der Waals surface area contributed by atoms with Crippen LogP contribution in [0, 0.1) is 6.92 Å². The van der Waals surface area contributed by atoms with Crippen molar-refractivity contribution in [3.63, 3.8) is 0 Å². The van der Waals surface area contributed by atoms with Crippen LogP contribution in [0.1, 0.15) is 18.1 Å². The number of aryl methyl sites for hydroxylation is 2. The number of likely N-dealkylation sites (N-methyl/N-ethyl adjacent to an activating group) is 1. The molecule has 1 aliphatic rings. The van der Waals surface area contributed by atoms with Gasteiger partial charge in [0.25, 0.3) is 0 Å². The fourth-order valence-corrected chi connectivity index (χ4v) is 3.19. The Kier molecular flexibility index (Phi) is 5.78. The zero-order valence-corrected chi connectivity index (χ0v) is 15.6. The Labute approximate surface area is 154 Å². The summed E-state index contributed by atoms with van der Waals surface area (Å²) >= 11 is 0. The van der Waals surface area contributed by atoms with Crippen molar-refractivity contribution in [3.8, 4) is 11.5 Å². The predicted octanol–water partition coefficient (Wildman–Crippen LogP) is 3.27.